The molecular weight excluding hydrogens is 1010 g/mol. The number of carbonyl (C=O) groups excluding carboxylic acids is 3. The Bertz CT molecular complexity index is 2600. The van der Waals surface area contributed by atoms with Crippen LogP contribution in [-0.2, 0) is 32.8 Å². The number of rotatable bonds is 22. The third kappa shape index (κ3) is 16.7. The summed E-state index contributed by atoms with van der Waals surface area (Å²) in [5.74, 6) is 2.92. The maximum Gasteiger partial charge on any atom is 0.275 e. The Balaban J connectivity index is 0.000000917. The number of hydroxylamine groups is 1. The number of aromatic nitrogens is 2. The number of carbonyl (C=O) groups is 3. The maximum absolute atomic E-state index is 12.9. The van der Waals surface area contributed by atoms with Gasteiger partial charge in [0.15, 0.2) is 11.5 Å². The molecule has 3 saturated heterocycles. The number of alkyl halides is 1. The zero-order chi connectivity index (χ0) is 54.3. The number of nitrogens with one attached hydrogen (secondary N) is 2. The van der Waals surface area contributed by atoms with Crippen LogP contribution in [0, 0.1) is 29.1 Å². The number of amides is 2. The van der Waals surface area contributed by atoms with Crippen molar-refractivity contribution in [2.24, 2.45) is 17.8 Å². The number of benzene rings is 3. The van der Waals surface area contributed by atoms with Gasteiger partial charge in [-0.05, 0) is 108 Å². The average molecular weight is 1090 g/mol. The molecule has 16 nitrogen and oxygen atoms in total. The van der Waals surface area contributed by atoms with Gasteiger partial charge in [0.2, 0.25) is 11.8 Å². The summed E-state index contributed by atoms with van der Waals surface area (Å²) in [7, 11) is 1.47. The predicted octanol–water partition coefficient (Wildman–Crippen LogP) is 9.83. The summed E-state index contributed by atoms with van der Waals surface area (Å²) in [6, 6.07) is 20.2. The number of hydrogen-bond acceptors (Lipinski definition) is 15. The molecule has 3 aliphatic heterocycles. The van der Waals surface area contributed by atoms with Crippen LogP contribution in [0.25, 0.3) is 0 Å². The molecule has 0 bridgehead atoms. The molecule has 0 radical (unpaired) electrons. The summed E-state index contributed by atoms with van der Waals surface area (Å²) < 4.78 is 17.3. The van der Waals surface area contributed by atoms with Gasteiger partial charge in [0, 0.05) is 93.5 Å². The van der Waals surface area contributed by atoms with Crippen LogP contribution in [0.3, 0.4) is 0 Å². The number of hydrogen-bond donors (Lipinski definition) is 4. The van der Waals surface area contributed by atoms with Gasteiger partial charge in [-0.2, -0.15) is 20.9 Å². The number of thiol groups is 1. The molecule has 7 rings (SSSR count). The van der Waals surface area contributed by atoms with E-state index in [0.29, 0.717) is 40.8 Å². The maximum atomic E-state index is 12.9. The normalized spacial score (nSPS) is 17.8. The van der Waals surface area contributed by atoms with Gasteiger partial charge in [0.25, 0.3) is 5.95 Å². The Morgan fingerprint density at radius 2 is 1.69 bits per heavy atom. The fourth-order valence-electron chi connectivity index (χ4n) is 9.41. The summed E-state index contributed by atoms with van der Waals surface area (Å²) in [5.41, 5.74) is 8.65. The van der Waals surface area contributed by atoms with E-state index in [1.165, 1.54) is 12.7 Å². The lowest BCUT2D eigenvalue weighted by Gasteiger charge is -2.36. The van der Waals surface area contributed by atoms with E-state index in [2.05, 4.69) is 89.1 Å². The van der Waals surface area contributed by atoms with E-state index in [4.69, 9.17) is 42.4 Å². The summed E-state index contributed by atoms with van der Waals surface area (Å²) in [5, 5.41) is 22.7. The van der Waals surface area contributed by atoms with Crippen LogP contribution in [0.4, 0.5) is 17.5 Å². The number of aryl methyl sites for hydroxylation is 1. The van der Waals surface area contributed by atoms with E-state index in [0.717, 1.165) is 125 Å². The van der Waals surface area contributed by atoms with Gasteiger partial charge in [-0.1, -0.05) is 65.3 Å². The van der Waals surface area contributed by atoms with Crippen molar-refractivity contribution in [3.8, 4) is 17.6 Å². The molecule has 1 aromatic heterocycles. The Morgan fingerprint density at radius 3 is 2.32 bits per heavy atom. The SMILES string of the molecule is CC1CCC(=O)NC1=O.CCc1cc(N2CCN(CCOCCC3CCN(c4nc(N[N+](C)(O)S)ncc4COc4ccc(C(C)(C)c5cc(Cl)c(OCCCl)c(C#N)c5)cc4)CC3)CC2)ccc1C(=O)C(C)CC. The van der Waals surface area contributed by atoms with Crippen LogP contribution in [0.2, 0.25) is 5.02 Å². The van der Waals surface area contributed by atoms with E-state index in [9.17, 15) is 24.9 Å². The zero-order valence-electron chi connectivity index (χ0n) is 44.7. The number of ether oxygens (including phenoxy) is 3. The van der Waals surface area contributed by atoms with Crippen molar-refractivity contribution in [2.75, 3.05) is 93.8 Å². The van der Waals surface area contributed by atoms with Crippen LogP contribution in [-0.4, -0.2) is 120 Å². The van der Waals surface area contributed by atoms with Crippen molar-refractivity contribution >= 4 is 71.1 Å². The standard InChI is InChI=1S/C50H67Cl2N8O5S.C6H9NO2/c1-7-35(3)46(61)44-14-11-42(30-37(44)8-2)58-23-21-57(22-24-58)25-28-63-26-17-36-15-19-59(20-16-36)48-39(33-54-49(55-48)56-60(6,62)66)34-65-43-12-9-40(10-13-43)50(4,5)41-29-38(32-53)47(45(52)31-41)64-27-18-51;1-4-2-3-5(8)7-6(4)9/h9-14,29-31,33,35-36,62,66H,7-8,15-28,34H2,1-6H3,(H,54,55,56);4H,2-3H2,1H3,(H,7,8,9)/q+1;. The van der Waals surface area contributed by atoms with Crippen molar-refractivity contribution in [3.63, 3.8) is 0 Å². The molecule has 19 heteroatoms. The fraction of sp³-hybridized carbons (Fsp3) is 0.536. The molecule has 0 saturated carbocycles. The predicted molar refractivity (Wildman–Crippen MR) is 298 cm³/mol. The molecule has 3 N–H and O–H groups in total. The second-order valence-corrected chi connectivity index (χ2v) is 21.9. The number of piperazine rings is 1. The van der Waals surface area contributed by atoms with Gasteiger partial charge >= 0.3 is 0 Å². The molecule has 0 aliphatic carbocycles. The van der Waals surface area contributed by atoms with Crippen molar-refractivity contribution in [2.45, 2.75) is 98.5 Å². The van der Waals surface area contributed by atoms with Crippen molar-refractivity contribution in [1.82, 2.24) is 20.2 Å². The number of imide groups is 1. The highest BCUT2D eigenvalue weighted by Crippen LogP contribution is 2.39. The lowest BCUT2D eigenvalue weighted by molar-refractivity contribution is -0.955. The first-order chi connectivity index (χ1) is 35.8. The first kappa shape index (κ1) is 59.1. The molecule has 0 spiro atoms. The van der Waals surface area contributed by atoms with Gasteiger partial charge in [-0.15, -0.1) is 11.6 Å². The number of ketones is 1. The van der Waals surface area contributed by atoms with E-state index in [1.807, 2.05) is 56.3 Å². The van der Waals surface area contributed by atoms with Crippen LogP contribution < -0.4 is 30.0 Å². The minimum Gasteiger partial charge on any atom is -0.489 e. The quantitative estimate of drug-likeness (QED) is 0.0111. The minimum atomic E-state index is -0.816. The number of Topliss-reactive ketones (excluding diaryl/α,β-unsaturated/α-hetero) is 1. The average Bonchev–Trinajstić information content (AvgIpc) is 3.40. The number of nitrogens with zero attached hydrogens (tertiary/aromatic N) is 7. The minimum absolute atomic E-state index is 0.0164. The second kappa shape index (κ2) is 27.7. The van der Waals surface area contributed by atoms with Crippen LogP contribution >= 0.6 is 36.0 Å². The summed E-state index contributed by atoms with van der Waals surface area (Å²) in [4.78, 5) is 50.6. The smallest absolute Gasteiger partial charge is 0.275 e. The van der Waals surface area contributed by atoms with E-state index < -0.39 is 9.58 Å². The van der Waals surface area contributed by atoms with E-state index >= 15 is 0 Å². The number of anilines is 3. The Kier molecular flexibility index (Phi) is 21.8. The first-order valence-electron chi connectivity index (χ1n) is 26.3. The molecule has 4 aromatic rings. The van der Waals surface area contributed by atoms with Crippen LogP contribution in [0.15, 0.2) is 60.8 Å². The van der Waals surface area contributed by atoms with Gasteiger partial charge in [0.1, 0.15) is 50.7 Å². The molecule has 3 aliphatic rings. The summed E-state index contributed by atoms with van der Waals surface area (Å²) in [6.07, 6.45) is 7.66. The summed E-state index contributed by atoms with van der Waals surface area (Å²) >= 11 is 16.5. The highest BCUT2D eigenvalue weighted by atomic mass is 35.5. The molecule has 3 fully saturated rings. The van der Waals surface area contributed by atoms with Gasteiger partial charge in [0.05, 0.1) is 28.6 Å². The third-order valence-corrected chi connectivity index (χ3v) is 15.1. The molecule has 3 aromatic carbocycles. The largest absolute Gasteiger partial charge is 0.489 e. The molecule has 75 heavy (non-hydrogen) atoms. The molecule has 3 atom stereocenters. The van der Waals surface area contributed by atoms with Gasteiger partial charge < -0.3 is 24.0 Å². The van der Waals surface area contributed by atoms with Crippen molar-refractivity contribution in [3.05, 3.63) is 99.2 Å². The number of nitriles is 1. The monoisotopic (exact) mass is 1090 g/mol. The zero-order valence-corrected chi connectivity index (χ0v) is 47.1. The Hall–Kier alpha value is -5.19. The lowest BCUT2D eigenvalue weighted by atomic mass is 9.77. The first-order valence-corrected chi connectivity index (χ1v) is 27.6. The summed E-state index contributed by atoms with van der Waals surface area (Å²) in [6.45, 7) is 20.6. The highest BCUT2D eigenvalue weighted by Gasteiger charge is 2.29. The van der Waals surface area contributed by atoms with Crippen molar-refractivity contribution < 1.29 is 38.0 Å². The molecular formula is C56H76Cl2N9O7S+. The topological polar surface area (TPSA) is 182 Å². The fourth-order valence-corrected chi connectivity index (χ4v) is 9.85. The molecule has 406 valence electrons. The van der Waals surface area contributed by atoms with E-state index in [-0.39, 0.29) is 54.5 Å². The second-order valence-electron chi connectivity index (χ2n) is 20.4. The Morgan fingerprint density at radius 1 is 0.973 bits per heavy atom. The number of quaternary nitrogens is 1. The number of piperidine rings is 2. The lowest BCUT2D eigenvalue weighted by Crippen LogP contribution is -2.47. The molecule has 3 unspecified atom stereocenters. The molecule has 4 heterocycles. The molecule has 2 amide bonds. The van der Waals surface area contributed by atoms with E-state index in [1.54, 1.807) is 6.20 Å². The van der Waals surface area contributed by atoms with Crippen LogP contribution in [0.5, 0.6) is 11.5 Å². The third-order valence-electron chi connectivity index (χ3n) is 14.5. The Labute approximate surface area is 459 Å². The van der Waals surface area contributed by atoms with Gasteiger partial charge in [-0.25, -0.2) is 4.98 Å². The number of halogens is 2. The highest BCUT2D eigenvalue weighted by molar-refractivity contribution is 7.74. The van der Waals surface area contributed by atoms with Gasteiger partial charge in [-0.3, -0.25) is 24.6 Å². The van der Waals surface area contributed by atoms with Crippen molar-refractivity contribution in [1.29, 1.82) is 5.26 Å². The van der Waals surface area contributed by atoms with Crippen LogP contribution in [0.1, 0.15) is 118 Å².